The largest absolute Gasteiger partial charge is 0.497 e. The second kappa shape index (κ2) is 9.65. The third-order valence-electron chi connectivity index (χ3n) is 5.16. The number of methoxy groups -OCH3 is 2. The summed E-state index contributed by atoms with van der Waals surface area (Å²) in [6.45, 7) is 3.78. The van der Waals surface area contributed by atoms with Crippen molar-refractivity contribution < 1.29 is 22.6 Å². The standard InChI is InChI=1S/C23H25N5O5S/c1-15-5-6-16(2)20(13-15)34(29,30)24-11-12-33-22-10-9-21-25-26-23(28(21)27-22)18-14-17(31-3)7-8-19(18)32-4/h5-10,13-14,24H,11-12H2,1-4H3. The van der Waals surface area contributed by atoms with Crippen molar-refractivity contribution in [2.75, 3.05) is 27.4 Å². The van der Waals surface area contributed by atoms with E-state index >= 15 is 0 Å². The van der Waals surface area contributed by atoms with E-state index in [1.54, 1.807) is 63.6 Å². The van der Waals surface area contributed by atoms with Crippen LogP contribution in [0.4, 0.5) is 0 Å². The number of sulfonamides is 1. The predicted molar refractivity (Wildman–Crippen MR) is 126 cm³/mol. The molecule has 34 heavy (non-hydrogen) atoms. The minimum atomic E-state index is -3.65. The van der Waals surface area contributed by atoms with Crippen molar-refractivity contribution in [1.82, 2.24) is 24.5 Å². The number of aryl methyl sites for hydroxylation is 2. The first-order valence-electron chi connectivity index (χ1n) is 10.5. The van der Waals surface area contributed by atoms with Crippen LogP contribution in [0.2, 0.25) is 0 Å². The number of fused-ring (bicyclic) bond motifs is 1. The fraction of sp³-hybridized carbons (Fsp3) is 0.261. The van der Waals surface area contributed by atoms with E-state index in [0.717, 1.165) is 5.56 Å². The van der Waals surface area contributed by atoms with Gasteiger partial charge >= 0.3 is 0 Å². The molecule has 2 aromatic heterocycles. The summed E-state index contributed by atoms with van der Waals surface area (Å²) in [5.74, 6) is 1.97. The molecule has 4 aromatic rings. The third-order valence-corrected chi connectivity index (χ3v) is 6.77. The zero-order chi connectivity index (χ0) is 24.3. The zero-order valence-electron chi connectivity index (χ0n) is 19.3. The molecule has 0 radical (unpaired) electrons. The van der Waals surface area contributed by atoms with E-state index in [4.69, 9.17) is 14.2 Å². The van der Waals surface area contributed by atoms with Gasteiger partial charge in [0.15, 0.2) is 11.5 Å². The van der Waals surface area contributed by atoms with Crippen LogP contribution in [0.1, 0.15) is 11.1 Å². The second-order valence-electron chi connectivity index (χ2n) is 7.55. The first kappa shape index (κ1) is 23.5. The Morgan fingerprint density at radius 3 is 2.56 bits per heavy atom. The number of nitrogens with zero attached hydrogens (tertiary/aromatic N) is 4. The molecule has 178 valence electrons. The van der Waals surface area contributed by atoms with E-state index in [1.807, 2.05) is 13.0 Å². The molecule has 0 fully saturated rings. The maximum Gasteiger partial charge on any atom is 0.240 e. The number of rotatable bonds is 9. The molecule has 0 aliphatic carbocycles. The summed E-state index contributed by atoms with van der Waals surface area (Å²) in [7, 11) is -0.511. The predicted octanol–water partition coefficient (Wildman–Crippen LogP) is 2.78. The number of ether oxygens (including phenoxy) is 3. The molecule has 2 aromatic carbocycles. The molecule has 0 amide bonds. The van der Waals surface area contributed by atoms with Gasteiger partial charge in [0.1, 0.15) is 18.1 Å². The van der Waals surface area contributed by atoms with Gasteiger partial charge in [0.2, 0.25) is 15.9 Å². The van der Waals surface area contributed by atoms with E-state index in [-0.39, 0.29) is 18.0 Å². The highest BCUT2D eigenvalue weighted by Crippen LogP contribution is 2.32. The van der Waals surface area contributed by atoms with Gasteiger partial charge in [0, 0.05) is 12.6 Å². The van der Waals surface area contributed by atoms with Gasteiger partial charge in [-0.15, -0.1) is 15.3 Å². The average molecular weight is 484 g/mol. The molecule has 0 saturated heterocycles. The maximum absolute atomic E-state index is 12.6. The highest BCUT2D eigenvalue weighted by molar-refractivity contribution is 7.89. The Balaban J connectivity index is 1.50. The second-order valence-corrected chi connectivity index (χ2v) is 9.28. The highest BCUT2D eigenvalue weighted by atomic mass is 32.2. The van der Waals surface area contributed by atoms with Crippen LogP contribution in [0.25, 0.3) is 17.0 Å². The summed E-state index contributed by atoms with van der Waals surface area (Å²) in [4.78, 5) is 0.258. The van der Waals surface area contributed by atoms with E-state index in [0.29, 0.717) is 40.0 Å². The van der Waals surface area contributed by atoms with E-state index < -0.39 is 10.0 Å². The monoisotopic (exact) mass is 483 g/mol. The topological polar surface area (TPSA) is 117 Å². The van der Waals surface area contributed by atoms with Crippen molar-refractivity contribution in [3.8, 4) is 28.8 Å². The first-order chi connectivity index (χ1) is 16.3. The Kier molecular flexibility index (Phi) is 6.66. The van der Waals surface area contributed by atoms with Crippen LogP contribution >= 0.6 is 0 Å². The average Bonchev–Trinajstić information content (AvgIpc) is 3.26. The lowest BCUT2D eigenvalue weighted by Crippen LogP contribution is -2.29. The van der Waals surface area contributed by atoms with Gasteiger partial charge in [-0.25, -0.2) is 13.1 Å². The van der Waals surface area contributed by atoms with Gasteiger partial charge in [0.25, 0.3) is 0 Å². The lowest BCUT2D eigenvalue weighted by Gasteiger charge is -2.11. The van der Waals surface area contributed by atoms with Crippen molar-refractivity contribution in [2.24, 2.45) is 0 Å². The molecule has 0 unspecified atom stereocenters. The van der Waals surface area contributed by atoms with Gasteiger partial charge < -0.3 is 14.2 Å². The zero-order valence-corrected chi connectivity index (χ0v) is 20.1. The lowest BCUT2D eigenvalue weighted by molar-refractivity contribution is 0.306. The SMILES string of the molecule is COc1ccc(OC)c(-c2nnc3ccc(OCCNS(=O)(=O)c4cc(C)ccc4C)nn23)c1. The molecular weight excluding hydrogens is 458 g/mol. The quantitative estimate of drug-likeness (QED) is 0.361. The number of nitrogens with one attached hydrogen (secondary N) is 1. The van der Waals surface area contributed by atoms with Crippen LogP contribution in [0.15, 0.2) is 53.4 Å². The van der Waals surface area contributed by atoms with Crippen LogP contribution < -0.4 is 18.9 Å². The van der Waals surface area contributed by atoms with Crippen LogP contribution in [0.5, 0.6) is 17.4 Å². The Bertz CT molecular complexity index is 1440. The van der Waals surface area contributed by atoms with E-state index in [9.17, 15) is 8.42 Å². The first-order valence-corrected chi connectivity index (χ1v) is 12.0. The van der Waals surface area contributed by atoms with Gasteiger partial charge in [-0.1, -0.05) is 12.1 Å². The van der Waals surface area contributed by atoms with Gasteiger partial charge in [-0.3, -0.25) is 0 Å². The Morgan fingerprint density at radius 2 is 1.79 bits per heavy atom. The van der Waals surface area contributed by atoms with Crippen molar-refractivity contribution in [3.63, 3.8) is 0 Å². The molecule has 10 nitrogen and oxygen atoms in total. The Morgan fingerprint density at radius 1 is 0.971 bits per heavy atom. The van der Waals surface area contributed by atoms with Crippen LogP contribution in [-0.2, 0) is 10.0 Å². The molecule has 4 rings (SSSR count). The van der Waals surface area contributed by atoms with Gasteiger partial charge in [-0.2, -0.15) is 4.52 Å². The van der Waals surface area contributed by atoms with Gasteiger partial charge in [0.05, 0.1) is 24.7 Å². The summed E-state index contributed by atoms with van der Waals surface area (Å²) in [5, 5.41) is 12.8. The molecule has 0 saturated carbocycles. The smallest absolute Gasteiger partial charge is 0.240 e. The summed E-state index contributed by atoms with van der Waals surface area (Å²) >= 11 is 0. The summed E-state index contributed by atoms with van der Waals surface area (Å²) in [6.07, 6.45) is 0. The highest BCUT2D eigenvalue weighted by Gasteiger charge is 2.18. The fourth-order valence-electron chi connectivity index (χ4n) is 3.41. The van der Waals surface area contributed by atoms with Crippen LogP contribution in [0.3, 0.4) is 0 Å². The van der Waals surface area contributed by atoms with Crippen molar-refractivity contribution in [1.29, 1.82) is 0 Å². The third kappa shape index (κ3) is 4.80. The lowest BCUT2D eigenvalue weighted by atomic mass is 10.2. The minimum absolute atomic E-state index is 0.0776. The molecule has 0 aliphatic rings. The van der Waals surface area contributed by atoms with E-state index in [1.165, 1.54) is 4.52 Å². The molecular formula is C23H25N5O5S. The Labute approximate surface area is 197 Å². The number of hydrogen-bond donors (Lipinski definition) is 1. The minimum Gasteiger partial charge on any atom is -0.497 e. The molecule has 0 spiro atoms. The number of aromatic nitrogens is 4. The molecule has 0 bridgehead atoms. The maximum atomic E-state index is 12.6. The summed E-state index contributed by atoms with van der Waals surface area (Å²) in [5.41, 5.74) is 2.72. The molecule has 11 heteroatoms. The van der Waals surface area contributed by atoms with Crippen molar-refractivity contribution >= 4 is 15.7 Å². The van der Waals surface area contributed by atoms with Crippen LogP contribution in [0, 0.1) is 13.8 Å². The Hall–Kier alpha value is -3.70. The summed E-state index contributed by atoms with van der Waals surface area (Å²) < 4.78 is 45.8. The van der Waals surface area contributed by atoms with Gasteiger partial charge in [-0.05, 0) is 55.3 Å². The molecule has 0 aliphatic heterocycles. The molecule has 2 heterocycles. The number of hydrogen-bond acceptors (Lipinski definition) is 8. The van der Waals surface area contributed by atoms with Crippen molar-refractivity contribution in [3.05, 3.63) is 59.7 Å². The van der Waals surface area contributed by atoms with Crippen molar-refractivity contribution in [2.45, 2.75) is 18.7 Å². The van der Waals surface area contributed by atoms with E-state index in [2.05, 4.69) is 20.0 Å². The van der Waals surface area contributed by atoms with Crippen LogP contribution in [-0.4, -0.2) is 55.6 Å². The molecule has 0 atom stereocenters. The fourth-order valence-corrected chi connectivity index (χ4v) is 4.75. The normalized spacial score (nSPS) is 11.5. The molecule has 1 N–H and O–H groups in total. The number of benzene rings is 2. The summed E-state index contributed by atoms with van der Waals surface area (Å²) in [6, 6.07) is 14.0.